The van der Waals surface area contributed by atoms with Crippen LogP contribution in [0.2, 0.25) is 0 Å². The Morgan fingerprint density at radius 3 is 2.69 bits per heavy atom. The van der Waals surface area contributed by atoms with E-state index >= 15 is 0 Å². The molecular weight excluding hydrogens is 356 g/mol. The van der Waals surface area contributed by atoms with Gasteiger partial charge in [0, 0.05) is 49.8 Å². The summed E-state index contributed by atoms with van der Waals surface area (Å²) in [7, 11) is 2.16. The molecule has 0 fully saturated rings. The minimum atomic E-state index is 0.291. The van der Waals surface area contributed by atoms with Crippen LogP contribution in [0.5, 0.6) is 0 Å². The number of fused-ring (bicyclic) bond motifs is 2. The number of aromatic nitrogens is 1. The number of pyridine rings is 1. The summed E-state index contributed by atoms with van der Waals surface area (Å²) in [6.07, 6.45) is 9.41. The Morgan fingerprint density at radius 2 is 1.86 bits per heavy atom. The lowest BCUT2D eigenvalue weighted by Crippen LogP contribution is -2.34. The monoisotopic (exact) mass is 385 g/mol. The summed E-state index contributed by atoms with van der Waals surface area (Å²) in [4.78, 5) is 2.31. The van der Waals surface area contributed by atoms with Crippen LogP contribution in [0.1, 0.15) is 36.8 Å². The van der Waals surface area contributed by atoms with Gasteiger partial charge in [0.2, 0.25) is 5.52 Å². The maximum atomic E-state index is 9.23. The highest BCUT2D eigenvalue weighted by Gasteiger charge is 2.21. The molecule has 0 bridgehead atoms. The highest BCUT2D eigenvalue weighted by atomic mass is 16.3. The van der Waals surface area contributed by atoms with Gasteiger partial charge in [0.25, 0.3) is 0 Å². The van der Waals surface area contributed by atoms with E-state index in [0.717, 1.165) is 32.2 Å². The van der Waals surface area contributed by atoms with Crippen LogP contribution in [-0.4, -0.2) is 12.2 Å². The molecule has 0 amide bonds. The molecule has 0 unspecified atom stereocenters. The van der Waals surface area contributed by atoms with Gasteiger partial charge in [-0.2, -0.15) is 4.57 Å². The summed E-state index contributed by atoms with van der Waals surface area (Å²) in [5.74, 6) is 0.291. The average Bonchev–Trinajstić information content (AvgIpc) is 3.04. The van der Waals surface area contributed by atoms with E-state index in [-0.39, 0.29) is 0 Å². The third-order valence-corrected chi connectivity index (χ3v) is 5.80. The number of anilines is 1. The van der Waals surface area contributed by atoms with Crippen LogP contribution in [0.15, 0.2) is 78.8 Å². The van der Waals surface area contributed by atoms with E-state index < -0.39 is 0 Å². The van der Waals surface area contributed by atoms with Crippen LogP contribution in [0.4, 0.5) is 5.69 Å². The van der Waals surface area contributed by atoms with E-state index in [0.29, 0.717) is 12.2 Å². The van der Waals surface area contributed by atoms with Crippen molar-refractivity contribution >= 4 is 22.7 Å². The molecule has 0 spiro atoms. The molecule has 0 saturated heterocycles. The maximum absolute atomic E-state index is 9.23. The molecule has 29 heavy (non-hydrogen) atoms. The SMILES string of the molecule is C=C(O)CCCCC[n+]1ccc(/C=C2\Cc3ccccc3N2C)c2ccccc21. The van der Waals surface area contributed by atoms with E-state index in [4.69, 9.17) is 0 Å². The number of likely N-dealkylation sites (N-methyl/N-ethyl adjacent to an activating group) is 1. The minimum absolute atomic E-state index is 0.291. The first-order valence-corrected chi connectivity index (χ1v) is 10.4. The number of benzene rings is 2. The number of aliphatic hydroxyl groups excluding tert-OH is 1. The van der Waals surface area contributed by atoms with Crippen molar-refractivity contribution in [2.24, 2.45) is 0 Å². The average molecular weight is 386 g/mol. The van der Waals surface area contributed by atoms with Gasteiger partial charge in [0.1, 0.15) is 6.54 Å². The Hall–Kier alpha value is -3.07. The van der Waals surface area contributed by atoms with Crippen LogP contribution in [0.3, 0.4) is 0 Å². The van der Waals surface area contributed by atoms with Crippen LogP contribution in [0, 0.1) is 0 Å². The third kappa shape index (κ3) is 4.19. The molecule has 3 nitrogen and oxygen atoms in total. The van der Waals surface area contributed by atoms with Crippen molar-refractivity contribution in [2.45, 2.75) is 38.6 Å². The van der Waals surface area contributed by atoms with Gasteiger partial charge in [-0.25, -0.2) is 0 Å². The second-order valence-electron chi connectivity index (χ2n) is 7.86. The summed E-state index contributed by atoms with van der Waals surface area (Å²) in [5, 5.41) is 10.5. The van der Waals surface area contributed by atoms with E-state index in [1.54, 1.807) is 0 Å². The Morgan fingerprint density at radius 1 is 1.07 bits per heavy atom. The highest BCUT2D eigenvalue weighted by molar-refractivity contribution is 5.87. The van der Waals surface area contributed by atoms with Gasteiger partial charge in [0.15, 0.2) is 6.20 Å². The molecule has 3 heteroatoms. The maximum Gasteiger partial charge on any atom is 0.213 e. The number of allylic oxidation sites excluding steroid dienone is 2. The summed E-state index contributed by atoms with van der Waals surface area (Å²) in [6.45, 7) is 4.55. The molecule has 0 saturated carbocycles. The molecule has 1 N–H and O–H groups in total. The summed E-state index contributed by atoms with van der Waals surface area (Å²) >= 11 is 0. The molecule has 0 radical (unpaired) electrons. The van der Waals surface area contributed by atoms with Gasteiger partial charge in [-0.1, -0.05) is 36.9 Å². The number of aliphatic hydroxyl groups is 1. The number of hydrogen-bond acceptors (Lipinski definition) is 2. The largest absolute Gasteiger partial charge is 0.513 e. The fraction of sp³-hybridized carbons (Fsp3) is 0.269. The van der Waals surface area contributed by atoms with Gasteiger partial charge in [-0.05, 0) is 42.2 Å². The highest BCUT2D eigenvalue weighted by Crippen LogP contribution is 2.34. The van der Waals surface area contributed by atoms with Crippen LogP contribution in [-0.2, 0) is 13.0 Å². The predicted molar refractivity (Wildman–Crippen MR) is 121 cm³/mol. The quantitative estimate of drug-likeness (QED) is 0.316. The lowest BCUT2D eigenvalue weighted by Gasteiger charge is -2.15. The van der Waals surface area contributed by atoms with E-state index in [1.165, 1.54) is 33.4 Å². The van der Waals surface area contributed by atoms with Crippen molar-refractivity contribution in [1.29, 1.82) is 0 Å². The van der Waals surface area contributed by atoms with Crippen molar-refractivity contribution < 1.29 is 9.67 Å². The smallest absolute Gasteiger partial charge is 0.213 e. The second kappa shape index (κ2) is 8.52. The van der Waals surface area contributed by atoms with Crippen molar-refractivity contribution in [3.05, 3.63) is 90.0 Å². The first-order chi connectivity index (χ1) is 14.1. The zero-order valence-corrected chi connectivity index (χ0v) is 17.1. The van der Waals surface area contributed by atoms with Crippen molar-refractivity contribution in [2.75, 3.05) is 11.9 Å². The van der Waals surface area contributed by atoms with Crippen molar-refractivity contribution in [3.8, 4) is 0 Å². The fourth-order valence-electron chi connectivity index (χ4n) is 4.20. The standard InChI is InChI=1S/C26H28N2O/c1-20(29)10-4-3-9-16-28-17-15-21(24-12-6-8-14-26(24)28)18-23-19-22-11-5-7-13-25(22)27(23)2/h5-8,11-15,17-18H,1,3-4,9-10,16,19H2,2H3/p+1. The lowest BCUT2D eigenvalue weighted by atomic mass is 10.1. The Kier molecular flexibility index (Phi) is 5.66. The van der Waals surface area contributed by atoms with Crippen molar-refractivity contribution in [3.63, 3.8) is 0 Å². The number of rotatable bonds is 7. The molecule has 3 aromatic rings. The molecule has 1 aromatic heterocycles. The van der Waals surface area contributed by atoms with Crippen molar-refractivity contribution in [1.82, 2.24) is 0 Å². The van der Waals surface area contributed by atoms with Crippen LogP contribution in [0.25, 0.3) is 17.0 Å². The van der Waals surface area contributed by atoms with Gasteiger partial charge >= 0.3 is 0 Å². The summed E-state index contributed by atoms with van der Waals surface area (Å²) in [5.41, 5.74) is 6.56. The lowest BCUT2D eigenvalue weighted by molar-refractivity contribution is -0.671. The topological polar surface area (TPSA) is 27.4 Å². The predicted octanol–water partition coefficient (Wildman–Crippen LogP) is 5.79. The molecule has 148 valence electrons. The van der Waals surface area contributed by atoms with E-state index in [9.17, 15) is 5.11 Å². The van der Waals surface area contributed by atoms with E-state index in [2.05, 4.69) is 90.0 Å². The fourth-order valence-corrected chi connectivity index (χ4v) is 4.20. The first kappa shape index (κ1) is 19.3. The second-order valence-corrected chi connectivity index (χ2v) is 7.86. The molecule has 2 aromatic carbocycles. The molecule has 1 aliphatic heterocycles. The molecule has 0 atom stereocenters. The van der Waals surface area contributed by atoms with E-state index in [1.807, 2.05) is 0 Å². The molecule has 1 aliphatic rings. The third-order valence-electron chi connectivity index (χ3n) is 5.80. The molecule has 4 rings (SSSR count). The number of unbranched alkanes of at least 4 members (excludes halogenated alkanes) is 2. The number of hydrogen-bond donors (Lipinski definition) is 1. The summed E-state index contributed by atoms with van der Waals surface area (Å²) in [6, 6.07) is 19.5. The molecule has 0 aliphatic carbocycles. The number of aryl methyl sites for hydroxylation is 1. The minimum Gasteiger partial charge on any atom is -0.513 e. The van der Waals surface area contributed by atoms with Gasteiger partial charge in [-0.15, -0.1) is 0 Å². The van der Waals surface area contributed by atoms with Crippen LogP contribution < -0.4 is 9.47 Å². The zero-order valence-electron chi connectivity index (χ0n) is 17.1. The van der Waals surface area contributed by atoms with Gasteiger partial charge < -0.3 is 10.0 Å². The number of nitrogens with zero attached hydrogens (tertiary/aromatic N) is 2. The van der Waals surface area contributed by atoms with Gasteiger partial charge in [0.05, 0.1) is 11.1 Å². The molecule has 2 heterocycles. The summed E-state index contributed by atoms with van der Waals surface area (Å²) < 4.78 is 2.35. The molecular formula is C26H29N2O+. The van der Waals surface area contributed by atoms with Crippen LogP contribution >= 0.6 is 0 Å². The number of para-hydroxylation sites is 2. The van der Waals surface area contributed by atoms with Gasteiger partial charge in [-0.3, -0.25) is 0 Å². The Bertz CT molecular complexity index is 1070. The normalized spacial score (nSPS) is 14.5. The zero-order chi connectivity index (χ0) is 20.2. The Labute approximate surface area is 173 Å². The Balaban J connectivity index is 1.57. The first-order valence-electron chi connectivity index (χ1n) is 10.4.